The Morgan fingerprint density at radius 2 is 1.61 bits per heavy atom. The summed E-state index contributed by atoms with van der Waals surface area (Å²) < 4.78 is 28.6. The lowest BCUT2D eigenvalue weighted by Gasteiger charge is -2.32. The summed E-state index contributed by atoms with van der Waals surface area (Å²) >= 11 is 12.3. The molecule has 0 saturated carbocycles. The van der Waals surface area contributed by atoms with Crippen molar-refractivity contribution in [2.75, 3.05) is 17.4 Å². The van der Waals surface area contributed by atoms with Gasteiger partial charge in [-0.25, -0.2) is 8.42 Å². The van der Waals surface area contributed by atoms with Crippen LogP contribution < -0.4 is 9.62 Å². The third-order valence-corrected chi connectivity index (χ3v) is 8.56. The minimum absolute atomic E-state index is 0.0312. The maximum atomic E-state index is 13.9. The van der Waals surface area contributed by atoms with Crippen molar-refractivity contribution in [1.82, 2.24) is 10.2 Å². The summed E-state index contributed by atoms with van der Waals surface area (Å²) in [6, 6.07) is 19.0. The van der Waals surface area contributed by atoms with Crippen molar-refractivity contribution in [3.8, 4) is 0 Å². The van der Waals surface area contributed by atoms with Crippen LogP contribution in [-0.4, -0.2) is 44.3 Å². The molecule has 0 fully saturated rings. The topological polar surface area (TPSA) is 86.8 Å². The number of rotatable bonds is 11. The summed E-state index contributed by atoms with van der Waals surface area (Å²) in [7, 11) is -4.10. The molecule has 3 rings (SSSR count). The predicted octanol–water partition coefficient (Wildman–Crippen LogP) is 5.44. The van der Waals surface area contributed by atoms with E-state index in [1.54, 1.807) is 74.5 Å². The van der Waals surface area contributed by atoms with Gasteiger partial charge in [0.1, 0.15) is 12.6 Å². The minimum Gasteiger partial charge on any atom is -0.354 e. The van der Waals surface area contributed by atoms with Crippen LogP contribution in [0, 0.1) is 6.92 Å². The first-order valence-corrected chi connectivity index (χ1v) is 14.4. The zero-order valence-corrected chi connectivity index (χ0v) is 23.9. The van der Waals surface area contributed by atoms with E-state index in [1.807, 2.05) is 6.92 Å². The van der Waals surface area contributed by atoms with Crippen LogP contribution in [0.3, 0.4) is 0 Å². The zero-order valence-electron chi connectivity index (χ0n) is 21.5. The van der Waals surface area contributed by atoms with E-state index < -0.39 is 28.5 Å². The lowest BCUT2D eigenvalue weighted by Crippen LogP contribution is -2.51. The molecule has 1 N–H and O–H groups in total. The molecule has 7 nitrogen and oxygen atoms in total. The first-order chi connectivity index (χ1) is 18.1. The summed E-state index contributed by atoms with van der Waals surface area (Å²) in [5.41, 5.74) is 1.71. The van der Waals surface area contributed by atoms with E-state index in [4.69, 9.17) is 23.2 Å². The van der Waals surface area contributed by atoms with Crippen molar-refractivity contribution in [2.24, 2.45) is 0 Å². The molecule has 0 saturated heterocycles. The standard InChI is InChI=1S/C28H31Cl2N3O4S/c1-4-16-31-28(35)21(3)32(18-22-14-15-24(29)25(30)17-22)27(34)19-33(26-13-9-8-10-20(26)2)38(36,37)23-11-6-5-7-12-23/h5-15,17,21H,4,16,18-19H2,1-3H3,(H,31,35). The van der Waals surface area contributed by atoms with Crippen LogP contribution >= 0.6 is 23.2 Å². The van der Waals surface area contributed by atoms with Crippen molar-refractivity contribution in [3.05, 3.63) is 94.0 Å². The summed E-state index contributed by atoms with van der Waals surface area (Å²) in [5, 5.41) is 3.49. The van der Waals surface area contributed by atoms with Crippen LogP contribution in [0.1, 0.15) is 31.4 Å². The largest absolute Gasteiger partial charge is 0.354 e. The number of amides is 2. The van der Waals surface area contributed by atoms with Crippen LogP contribution in [0.25, 0.3) is 0 Å². The third kappa shape index (κ3) is 7.07. The molecular weight excluding hydrogens is 545 g/mol. The van der Waals surface area contributed by atoms with Crippen molar-refractivity contribution in [2.45, 2.75) is 44.7 Å². The fraction of sp³-hybridized carbons (Fsp3) is 0.286. The molecule has 10 heteroatoms. The predicted molar refractivity (Wildman–Crippen MR) is 152 cm³/mol. The highest BCUT2D eigenvalue weighted by Gasteiger charge is 2.33. The molecule has 38 heavy (non-hydrogen) atoms. The summed E-state index contributed by atoms with van der Waals surface area (Å²) in [5.74, 6) is -0.883. The highest BCUT2D eigenvalue weighted by molar-refractivity contribution is 7.92. The van der Waals surface area contributed by atoms with Gasteiger partial charge >= 0.3 is 0 Å². The van der Waals surface area contributed by atoms with E-state index in [1.165, 1.54) is 17.0 Å². The van der Waals surface area contributed by atoms with Crippen LogP contribution in [0.5, 0.6) is 0 Å². The molecule has 2 amide bonds. The van der Waals surface area contributed by atoms with Gasteiger partial charge in [-0.05, 0) is 61.7 Å². The van der Waals surface area contributed by atoms with E-state index in [2.05, 4.69) is 5.32 Å². The molecule has 3 aromatic carbocycles. The maximum absolute atomic E-state index is 13.9. The average molecular weight is 577 g/mol. The maximum Gasteiger partial charge on any atom is 0.264 e. The summed E-state index contributed by atoms with van der Waals surface area (Å²) in [6.07, 6.45) is 0.732. The zero-order chi connectivity index (χ0) is 27.9. The quantitative estimate of drug-likeness (QED) is 0.330. The van der Waals surface area contributed by atoms with E-state index >= 15 is 0 Å². The molecule has 0 spiro atoms. The molecule has 0 radical (unpaired) electrons. The second-order valence-corrected chi connectivity index (χ2v) is 11.5. The molecule has 0 aliphatic carbocycles. The normalized spacial score (nSPS) is 12.0. The Kier molecular flexibility index (Phi) is 10.2. The number of nitrogens with one attached hydrogen (secondary N) is 1. The number of anilines is 1. The monoisotopic (exact) mass is 575 g/mol. The van der Waals surface area contributed by atoms with Gasteiger partial charge in [0.15, 0.2) is 0 Å². The summed E-state index contributed by atoms with van der Waals surface area (Å²) in [4.78, 5) is 28.2. The Bertz CT molecular complexity index is 1380. The SMILES string of the molecule is CCCNC(=O)C(C)N(Cc1ccc(Cl)c(Cl)c1)C(=O)CN(c1ccccc1C)S(=O)(=O)c1ccccc1. The van der Waals surface area contributed by atoms with E-state index in [9.17, 15) is 18.0 Å². The van der Waals surface area contributed by atoms with Gasteiger partial charge < -0.3 is 10.2 Å². The second-order valence-electron chi connectivity index (χ2n) is 8.85. The first-order valence-electron chi connectivity index (χ1n) is 12.2. The molecular formula is C28H31Cl2N3O4S. The highest BCUT2D eigenvalue weighted by atomic mass is 35.5. The van der Waals surface area contributed by atoms with Crippen molar-refractivity contribution in [1.29, 1.82) is 0 Å². The Balaban J connectivity index is 2.03. The van der Waals surface area contributed by atoms with E-state index in [-0.39, 0.29) is 17.3 Å². The fourth-order valence-electron chi connectivity index (χ4n) is 3.89. The molecule has 0 heterocycles. The van der Waals surface area contributed by atoms with Gasteiger partial charge in [-0.1, -0.05) is 72.6 Å². The molecule has 0 bridgehead atoms. The average Bonchev–Trinajstić information content (AvgIpc) is 2.91. The smallest absolute Gasteiger partial charge is 0.264 e. The Morgan fingerprint density at radius 1 is 0.947 bits per heavy atom. The molecule has 1 atom stereocenters. The van der Waals surface area contributed by atoms with Gasteiger partial charge in [0, 0.05) is 13.1 Å². The van der Waals surface area contributed by atoms with Gasteiger partial charge in [0.25, 0.3) is 10.0 Å². The van der Waals surface area contributed by atoms with Crippen LogP contribution in [-0.2, 0) is 26.2 Å². The molecule has 0 aliphatic heterocycles. The number of para-hydroxylation sites is 1. The Hall–Kier alpha value is -3.07. The molecule has 3 aromatic rings. The lowest BCUT2D eigenvalue weighted by atomic mass is 10.1. The number of hydrogen-bond acceptors (Lipinski definition) is 4. The van der Waals surface area contributed by atoms with Crippen LogP contribution in [0.15, 0.2) is 77.7 Å². The fourth-order valence-corrected chi connectivity index (χ4v) is 5.71. The third-order valence-electron chi connectivity index (χ3n) is 6.05. The number of nitrogens with zero attached hydrogens (tertiary/aromatic N) is 2. The number of halogens is 2. The van der Waals surface area contributed by atoms with Gasteiger partial charge in [0.05, 0.1) is 20.6 Å². The number of carbonyl (C=O) groups is 2. The van der Waals surface area contributed by atoms with Crippen molar-refractivity contribution in [3.63, 3.8) is 0 Å². The molecule has 0 aromatic heterocycles. The van der Waals surface area contributed by atoms with E-state index in [0.717, 1.165) is 10.7 Å². The molecule has 202 valence electrons. The van der Waals surface area contributed by atoms with E-state index in [0.29, 0.717) is 33.4 Å². The molecule has 1 unspecified atom stereocenters. The van der Waals surface area contributed by atoms with Gasteiger partial charge in [-0.3, -0.25) is 13.9 Å². The Morgan fingerprint density at radius 3 is 2.24 bits per heavy atom. The highest BCUT2D eigenvalue weighted by Crippen LogP contribution is 2.28. The number of sulfonamides is 1. The lowest BCUT2D eigenvalue weighted by molar-refractivity contribution is -0.139. The first kappa shape index (κ1) is 29.5. The van der Waals surface area contributed by atoms with Gasteiger partial charge in [-0.2, -0.15) is 0 Å². The van der Waals surface area contributed by atoms with Crippen LogP contribution in [0.4, 0.5) is 5.69 Å². The number of carbonyl (C=O) groups excluding carboxylic acids is 2. The number of benzene rings is 3. The second kappa shape index (κ2) is 13.1. The summed E-state index contributed by atoms with van der Waals surface area (Å²) in [6.45, 7) is 5.30. The number of hydrogen-bond donors (Lipinski definition) is 1. The van der Waals surface area contributed by atoms with Gasteiger partial charge in [-0.15, -0.1) is 0 Å². The minimum atomic E-state index is -4.10. The number of aryl methyl sites for hydroxylation is 1. The van der Waals surface area contributed by atoms with Gasteiger partial charge in [0.2, 0.25) is 11.8 Å². The van der Waals surface area contributed by atoms with Crippen molar-refractivity contribution < 1.29 is 18.0 Å². The van der Waals surface area contributed by atoms with Crippen molar-refractivity contribution >= 4 is 50.7 Å². The van der Waals surface area contributed by atoms with Crippen LogP contribution in [0.2, 0.25) is 10.0 Å². The molecule has 0 aliphatic rings. The Labute approximate surface area is 234 Å².